The molecule has 0 aliphatic carbocycles. The summed E-state index contributed by atoms with van der Waals surface area (Å²) in [5, 5.41) is 5.27. The number of nitrogen functional groups attached to an aromatic ring is 1. The monoisotopic (exact) mass is 504 g/mol. The van der Waals surface area contributed by atoms with Crippen molar-refractivity contribution in [3.05, 3.63) is 81.9 Å². The minimum Gasteiger partial charge on any atom is -0.489 e. The molecule has 2 heterocycles. The quantitative estimate of drug-likeness (QED) is 0.303. The largest absolute Gasteiger partial charge is 0.489 e. The van der Waals surface area contributed by atoms with E-state index in [0.29, 0.717) is 44.0 Å². The van der Waals surface area contributed by atoms with Crippen molar-refractivity contribution in [2.24, 2.45) is 5.73 Å². The molecule has 0 aliphatic rings. The molecular weight excluding hydrogens is 480 g/mol. The Labute approximate surface area is 211 Å². The number of hydrogen-bond acceptors (Lipinski definition) is 8. The Balaban J connectivity index is 1.54. The molecule has 36 heavy (non-hydrogen) atoms. The number of nitrogens with one attached hydrogen (secondary N) is 1. The van der Waals surface area contributed by atoms with Crippen LogP contribution in [0, 0.1) is 6.92 Å². The van der Waals surface area contributed by atoms with Crippen molar-refractivity contribution >= 4 is 50.7 Å². The van der Waals surface area contributed by atoms with Crippen LogP contribution < -0.4 is 21.5 Å². The summed E-state index contributed by atoms with van der Waals surface area (Å²) in [7, 11) is 0. The van der Waals surface area contributed by atoms with Crippen molar-refractivity contribution < 1.29 is 23.9 Å². The molecule has 2 amide bonds. The van der Waals surface area contributed by atoms with Crippen molar-refractivity contribution in [3.63, 3.8) is 0 Å². The van der Waals surface area contributed by atoms with Crippen molar-refractivity contribution in [1.29, 1.82) is 0 Å². The lowest BCUT2D eigenvalue weighted by Crippen LogP contribution is -2.14. The maximum atomic E-state index is 12.8. The van der Waals surface area contributed by atoms with Gasteiger partial charge in [-0.1, -0.05) is 12.1 Å². The number of pyridine rings is 1. The van der Waals surface area contributed by atoms with Crippen LogP contribution >= 0.6 is 11.3 Å². The Morgan fingerprint density at radius 3 is 2.67 bits per heavy atom. The molecule has 184 valence electrons. The summed E-state index contributed by atoms with van der Waals surface area (Å²) in [4.78, 5) is 40.7. The van der Waals surface area contributed by atoms with Crippen LogP contribution in [0.1, 0.15) is 49.1 Å². The zero-order valence-corrected chi connectivity index (χ0v) is 20.5. The molecular formula is C26H24N4O5S. The van der Waals surface area contributed by atoms with Gasteiger partial charge in [0.15, 0.2) is 0 Å². The van der Waals surface area contributed by atoms with Crippen LogP contribution in [-0.4, -0.2) is 29.4 Å². The minimum absolute atomic E-state index is 0.157. The molecule has 5 N–H and O–H groups in total. The first kappa shape index (κ1) is 24.7. The predicted octanol–water partition coefficient (Wildman–Crippen LogP) is 4.29. The smallest absolute Gasteiger partial charge is 0.341 e. The Bertz CT molecular complexity index is 1480. The highest BCUT2D eigenvalue weighted by molar-refractivity contribution is 7.17. The number of carbonyl (C=O) groups is 3. The van der Waals surface area contributed by atoms with Gasteiger partial charge in [0, 0.05) is 34.0 Å². The molecule has 0 saturated heterocycles. The number of carbonyl (C=O) groups excluding carboxylic acids is 3. The number of benzene rings is 2. The lowest BCUT2D eigenvalue weighted by atomic mass is 10.1. The van der Waals surface area contributed by atoms with Gasteiger partial charge in [-0.05, 0) is 55.1 Å². The maximum Gasteiger partial charge on any atom is 0.341 e. The summed E-state index contributed by atoms with van der Waals surface area (Å²) in [6.45, 7) is 4.02. The molecule has 0 bridgehead atoms. The third-order valence-corrected chi connectivity index (χ3v) is 6.50. The number of ether oxygens (including phenoxy) is 2. The molecule has 0 unspecified atom stereocenters. The zero-order chi connectivity index (χ0) is 25.8. The molecule has 9 nitrogen and oxygen atoms in total. The molecule has 10 heteroatoms. The number of hydrogen-bond donors (Lipinski definition) is 3. The predicted molar refractivity (Wildman–Crippen MR) is 138 cm³/mol. The number of thiophene rings is 1. The first-order valence-corrected chi connectivity index (χ1v) is 11.9. The van der Waals surface area contributed by atoms with Gasteiger partial charge in [-0.15, -0.1) is 11.3 Å². The summed E-state index contributed by atoms with van der Waals surface area (Å²) < 4.78 is 11.9. The molecule has 0 aliphatic heterocycles. The molecule has 2 aromatic carbocycles. The number of fused-ring (bicyclic) bond motifs is 1. The SMILES string of the molecule is CCOC(=O)c1cnc(N)c2c(COc3cc(C(=O)Nc4cccc(C(N)=O)c4)ccc3C)csc12. The molecule has 4 aromatic rings. The van der Waals surface area contributed by atoms with E-state index in [-0.39, 0.29) is 19.1 Å². The Hall–Kier alpha value is -4.44. The maximum absolute atomic E-state index is 12.8. The van der Waals surface area contributed by atoms with E-state index in [1.807, 2.05) is 12.3 Å². The number of anilines is 2. The number of amides is 2. The van der Waals surface area contributed by atoms with Crippen LogP contribution in [0.2, 0.25) is 0 Å². The molecule has 4 rings (SSSR count). The number of primary amides is 1. The molecule has 0 fully saturated rings. The molecule has 0 radical (unpaired) electrons. The van der Waals surface area contributed by atoms with Gasteiger partial charge in [-0.3, -0.25) is 9.59 Å². The average Bonchev–Trinajstić information content (AvgIpc) is 3.29. The van der Waals surface area contributed by atoms with Gasteiger partial charge in [-0.2, -0.15) is 0 Å². The fraction of sp³-hybridized carbons (Fsp3) is 0.154. The van der Waals surface area contributed by atoms with E-state index >= 15 is 0 Å². The number of aromatic nitrogens is 1. The van der Waals surface area contributed by atoms with Crippen molar-refractivity contribution in [2.45, 2.75) is 20.5 Å². The van der Waals surface area contributed by atoms with Gasteiger partial charge >= 0.3 is 5.97 Å². The molecule has 0 saturated carbocycles. The molecule has 2 aromatic heterocycles. The van der Waals surface area contributed by atoms with Gasteiger partial charge in [0.1, 0.15) is 18.2 Å². The summed E-state index contributed by atoms with van der Waals surface area (Å²) in [6.07, 6.45) is 1.42. The minimum atomic E-state index is -0.580. The summed E-state index contributed by atoms with van der Waals surface area (Å²) >= 11 is 1.36. The van der Waals surface area contributed by atoms with E-state index in [1.165, 1.54) is 23.6 Å². The van der Waals surface area contributed by atoms with Gasteiger partial charge in [0.05, 0.1) is 16.9 Å². The first-order chi connectivity index (χ1) is 17.3. The zero-order valence-electron chi connectivity index (χ0n) is 19.7. The second-order valence-electron chi connectivity index (χ2n) is 7.91. The lowest BCUT2D eigenvalue weighted by molar-refractivity contribution is 0.0528. The number of rotatable bonds is 8. The summed E-state index contributed by atoms with van der Waals surface area (Å²) in [6, 6.07) is 11.5. The van der Waals surface area contributed by atoms with Gasteiger partial charge in [-0.25, -0.2) is 9.78 Å². The van der Waals surface area contributed by atoms with Gasteiger partial charge < -0.3 is 26.3 Å². The van der Waals surface area contributed by atoms with E-state index in [4.69, 9.17) is 20.9 Å². The van der Waals surface area contributed by atoms with E-state index in [2.05, 4.69) is 10.3 Å². The topological polar surface area (TPSA) is 147 Å². The van der Waals surface area contributed by atoms with Crippen LogP contribution in [0.25, 0.3) is 10.1 Å². The van der Waals surface area contributed by atoms with Gasteiger partial charge in [0.25, 0.3) is 5.91 Å². The Morgan fingerprint density at radius 1 is 1.11 bits per heavy atom. The number of nitrogens with zero attached hydrogens (tertiary/aromatic N) is 1. The van der Waals surface area contributed by atoms with Crippen LogP contribution in [0.4, 0.5) is 11.5 Å². The fourth-order valence-corrected chi connectivity index (χ4v) is 4.66. The lowest BCUT2D eigenvalue weighted by Gasteiger charge is -2.12. The Morgan fingerprint density at radius 2 is 1.92 bits per heavy atom. The standard InChI is InChI=1S/C26H24N4O5S/c1-3-34-26(33)19-11-29-23(27)21-17(13-36-22(19)21)12-35-20-10-16(8-7-14(20)2)25(32)30-18-6-4-5-15(9-18)24(28)31/h4-11,13H,3,12H2,1-2H3,(H2,27,29)(H2,28,31)(H,30,32). The highest BCUT2D eigenvalue weighted by atomic mass is 32.1. The summed E-state index contributed by atoms with van der Waals surface area (Å²) in [5.74, 6) is -0.597. The summed E-state index contributed by atoms with van der Waals surface area (Å²) in [5.41, 5.74) is 14.5. The van der Waals surface area contributed by atoms with Crippen LogP contribution in [-0.2, 0) is 11.3 Å². The van der Waals surface area contributed by atoms with E-state index in [1.54, 1.807) is 43.3 Å². The number of nitrogens with two attached hydrogens (primary N) is 2. The Kier molecular flexibility index (Phi) is 7.16. The van der Waals surface area contributed by atoms with Crippen molar-refractivity contribution in [1.82, 2.24) is 4.98 Å². The molecule has 0 spiro atoms. The van der Waals surface area contributed by atoms with Crippen LogP contribution in [0.3, 0.4) is 0 Å². The van der Waals surface area contributed by atoms with Crippen LogP contribution in [0.5, 0.6) is 5.75 Å². The van der Waals surface area contributed by atoms with E-state index in [0.717, 1.165) is 11.1 Å². The van der Waals surface area contributed by atoms with E-state index in [9.17, 15) is 14.4 Å². The van der Waals surface area contributed by atoms with E-state index < -0.39 is 11.9 Å². The van der Waals surface area contributed by atoms with Crippen molar-refractivity contribution in [2.75, 3.05) is 17.7 Å². The van der Waals surface area contributed by atoms with Crippen molar-refractivity contribution in [3.8, 4) is 5.75 Å². The number of esters is 1. The third kappa shape index (κ3) is 5.13. The highest BCUT2D eigenvalue weighted by Gasteiger charge is 2.19. The molecule has 0 atom stereocenters. The number of aryl methyl sites for hydroxylation is 1. The van der Waals surface area contributed by atoms with Crippen LogP contribution in [0.15, 0.2) is 54.0 Å². The highest BCUT2D eigenvalue weighted by Crippen LogP contribution is 2.34. The first-order valence-electron chi connectivity index (χ1n) is 11.0. The van der Waals surface area contributed by atoms with Gasteiger partial charge in [0.2, 0.25) is 5.91 Å². The second-order valence-corrected chi connectivity index (χ2v) is 8.79. The second kappa shape index (κ2) is 10.4. The normalized spacial score (nSPS) is 10.7. The average molecular weight is 505 g/mol. The third-order valence-electron chi connectivity index (χ3n) is 5.43. The fourth-order valence-electron chi connectivity index (χ4n) is 3.60.